The third-order valence-electron chi connectivity index (χ3n) is 9.02. The van der Waals surface area contributed by atoms with Gasteiger partial charge in [0.25, 0.3) is 0 Å². The average Bonchev–Trinajstić information content (AvgIpc) is 3.64. The van der Waals surface area contributed by atoms with Crippen molar-refractivity contribution >= 4 is 17.0 Å². The van der Waals surface area contributed by atoms with Gasteiger partial charge in [0.15, 0.2) is 0 Å². The van der Waals surface area contributed by atoms with Crippen LogP contribution in [0, 0.1) is 11.8 Å². The number of fused-ring (bicyclic) bond motifs is 1. The van der Waals surface area contributed by atoms with Crippen LogP contribution in [-0.4, -0.2) is 56.8 Å². The summed E-state index contributed by atoms with van der Waals surface area (Å²) in [7, 11) is 2.23. The van der Waals surface area contributed by atoms with Crippen LogP contribution in [0.1, 0.15) is 76.3 Å². The quantitative estimate of drug-likeness (QED) is 0.393. The van der Waals surface area contributed by atoms with E-state index >= 15 is 0 Å². The highest BCUT2D eigenvalue weighted by molar-refractivity contribution is 5.94. The van der Waals surface area contributed by atoms with Crippen LogP contribution in [0.3, 0.4) is 0 Å². The summed E-state index contributed by atoms with van der Waals surface area (Å²) in [4.78, 5) is 12.3. The molecule has 1 aliphatic heterocycles. The van der Waals surface area contributed by atoms with E-state index in [4.69, 9.17) is 9.97 Å². The summed E-state index contributed by atoms with van der Waals surface area (Å²) in [6.07, 6.45) is 15.6. The van der Waals surface area contributed by atoms with Gasteiger partial charge in [-0.3, -0.25) is 0 Å². The van der Waals surface area contributed by atoms with Crippen LogP contribution in [0.5, 0.6) is 0 Å². The predicted molar refractivity (Wildman–Crippen MR) is 151 cm³/mol. The molecular weight excluding hydrogens is 458 g/mol. The molecule has 0 spiro atoms. The molecule has 198 valence electrons. The van der Waals surface area contributed by atoms with Gasteiger partial charge in [-0.05, 0) is 101 Å². The van der Waals surface area contributed by atoms with E-state index in [9.17, 15) is 5.11 Å². The molecule has 3 fully saturated rings. The lowest BCUT2D eigenvalue weighted by molar-refractivity contribution is 0.111. The van der Waals surface area contributed by atoms with Crippen molar-refractivity contribution in [3.63, 3.8) is 0 Å². The molecule has 1 saturated heterocycles. The van der Waals surface area contributed by atoms with Crippen molar-refractivity contribution in [3.8, 4) is 11.1 Å². The Bertz CT molecular complexity index is 1180. The molecule has 37 heavy (non-hydrogen) atoms. The zero-order valence-electron chi connectivity index (χ0n) is 22.6. The molecule has 6 rings (SSSR count). The monoisotopic (exact) mass is 501 g/mol. The molecule has 1 atom stereocenters. The number of benzene rings is 1. The second-order valence-electron chi connectivity index (χ2n) is 12.2. The molecule has 0 bridgehead atoms. The molecule has 2 saturated carbocycles. The van der Waals surface area contributed by atoms with Crippen LogP contribution >= 0.6 is 0 Å². The molecule has 6 nitrogen and oxygen atoms in total. The Kier molecular flexibility index (Phi) is 7.22. The maximum absolute atomic E-state index is 10.1. The van der Waals surface area contributed by atoms with E-state index in [0.29, 0.717) is 12.1 Å². The zero-order valence-corrected chi connectivity index (χ0v) is 22.6. The number of piperidine rings is 1. The number of anilines is 1. The molecule has 0 unspecified atom stereocenters. The first kappa shape index (κ1) is 24.9. The van der Waals surface area contributed by atoms with Crippen molar-refractivity contribution in [1.82, 2.24) is 19.4 Å². The molecule has 0 radical (unpaired) electrons. The Morgan fingerprint density at radius 2 is 1.70 bits per heavy atom. The first-order valence-electron chi connectivity index (χ1n) is 14.6. The maximum atomic E-state index is 10.1. The minimum Gasteiger partial charge on any atom is -0.393 e. The van der Waals surface area contributed by atoms with Gasteiger partial charge in [0.05, 0.1) is 6.10 Å². The normalized spacial score (nSPS) is 24.4. The van der Waals surface area contributed by atoms with Gasteiger partial charge in [0, 0.05) is 35.4 Å². The minimum atomic E-state index is -0.162. The van der Waals surface area contributed by atoms with Crippen LogP contribution in [-0.2, 0) is 6.42 Å². The summed E-state index contributed by atoms with van der Waals surface area (Å²) >= 11 is 0. The highest BCUT2D eigenvalue weighted by atomic mass is 16.3. The van der Waals surface area contributed by atoms with E-state index in [1.165, 1.54) is 68.3 Å². The summed E-state index contributed by atoms with van der Waals surface area (Å²) in [5.74, 6) is 2.40. The summed E-state index contributed by atoms with van der Waals surface area (Å²) in [5.41, 5.74) is 4.90. The molecule has 3 heterocycles. The molecule has 3 aromatic rings. The topological polar surface area (TPSA) is 66.2 Å². The molecule has 0 amide bonds. The molecule has 1 aromatic carbocycles. The number of nitrogens with one attached hydrogen (secondary N) is 1. The van der Waals surface area contributed by atoms with E-state index in [1.54, 1.807) is 0 Å². The Morgan fingerprint density at radius 1 is 0.973 bits per heavy atom. The Labute approximate surface area is 221 Å². The lowest BCUT2D eigenvalue weighted by Crippen LogP contribution is -2.30. The Balaban J connectivity index is 1.27. The Morgan fingerprint density at radius 3 is 2.41 bits per heavy atom. The standard InChI is InChI=1S/C31H43N5O/c1-21(17-22-3-4-22)33-31-32-19-28-29(20-36(30(28)34-31)26-9-11-27(37)12-10-26)25-7-5-23(6-8-25)18-24-13-15-35(2)16-14-24/h5-8,19-22,24,26-27,37H,3-4,9-18H2,1-2H3,(H,32,33,34)/t21-,26?,27?/m1/s1. The van der Waals surface area contributed by atoms with Crippen molar-refractivity contribution < 1.29 is 5.11 Å². The molecule has 2 aromatic heterocycles. The van der Waals surface area contributed by atoms with E-state index < -0.39 is 0 Å². The molecule has 3 aliphatic rings. The number of aromatic nitrogens is 3. The summed E-state index contributed by atoms with van der Waals surface area (Å²) in [6, 6.07) is 9.98. The average molecular weight is 502 g/mol. The van der Waals surface area contributed by atoms with Gasteiger partial charge in [0.1, 0.15) is 5.65 Å². The fourth-order valence-corrected chi connectivity index (χ4v) is 6.50. The van der Waals surface area contributed by atoms with Crippen molar-refractivity contribution in [2.45, 2.75) is 89.3 Å². The van der Waals surface area contributed by atoms with Crippen molar-refractivity contribution in [1.29, 1.82) is 0 Å². The molecule has 2 aliphatic carbocycles. The van der Waals surface area contributed by atoms with Crippen LogP contribution < -0.4 is 5.32 Å². The van der Waals surface area contributed by atoms with Gasteiger partial charge in [0.2, 0.25) is 5.95 Å². The fraction of sp³-hybridized carbons (Fsp3) is 0.613. The predicted octanol–water partition coefficient (Wildman–Crippen LogP) is 6.06. The molecular formula is C31H43N5O. The van der Waals surface area contributed by atoms with Crippen molar-refractivity contribution in [2.24, 2.45) is 11.8 Å². The van der Waals surface area contributed by atoms with Gasteiger partial charge in [-0.2, -0.15) is 4.98 Å². The second kappa shape index (κ2) is 10.7. The first-order chi connectivity index (χ1) is 18.0. The van der Waals surface area contributed by atoms with E-state index in [-0.39, 0.29) is 6.10 Å². The zero-order chi connectivity index (χ0) is 25.4. The van der Waals surface area contributed by atoms with E-state index in [2.05, 4.69) is 59.2 Å². The first-order valence-corrected chi connectivity index (χ1v) is 14.6. The highest BCUT2D eigenvalue weighted by Crippen LogP contribution is 2.37. The number of aliphatic hydroxyl groups is 1. The van der Waals surface area contributed by atoms with E-state index in [1.807, 2.05) is 6.20 Å². The van der Waals surface area contributed by atoms with Crippen LogP contribution in [0.25, 0.3) is 22.2 Å². The van der Waals surface area contributed by atoms with Gasteiger partial charge in [-0.15, -0.1) is 0 Å². The lowest BCUT2D eigenvalue weighted by atomic mass is 9.90. The second-order valence-corrected chi connectivity index (χ2v) is 12.2. The van der Waals surface area contributed by atoms with Crippen LogP contribution in [0.2, 0.25) is 0 Å². The maximum Gasteiger partial charge on any atom is 0.224 e. The summed E-state index contributed by atoms with van der Waals surface area (Å²) in [6.45, 7) is 4.68. The van der Waals surface area contributed by atoms with Gasteiger partial charge < -0.3 is 19.9 Å². The molecule has 2 N–H and O–H groups in total. The van der Waals surface area contributed by atoms with Crippen molar-refractivity contribution in [2.75, 3.05) is 25.5 Å². The Hall–Kier alpha value is -2.44. The summed E-state index contributed by atoms with van der Waals surface area (Å²) in [5, 5.41) is 14.8. The lowest BCUT2D eigenvalue weighted by Gasteiger charge is -2.29. The van der Waals surface area contributed by atoms with Gasteiger partial charge in [-0.1, -0.05) is 37.1 Å². The number of aliphatic hydroxyl groups excluding tert-OH is 1. The largest absolute Gasteiger partial charge is 0.393 e. The highest BCUT2D eigenvalue weighted by Gasteiger charge is 2.26. The van der Waals surface area contributed by atoms with Gasteiger partial charge in [-0.25, -0.2) is 4.98 Å². The SMILES string of the molecule is C[C@H](CC1CC1)Nc1ncc2c(-c3ccc(CC4CCN(C)CC4)cc3)cn(C3CCC(O)CC3)c2n1. The third kappa shape index (κ3) is 5.85. The number of hydrogen-bond acceptors (Lipinski definition) is 5. The van der Waals surface area contributed by atoms with Crippen LogP contribution in [0.15, 0.2) is 36.7 Å². The molecule has 6 heteroatoms. The number of hydrogen-bond donors (Lipinski definition) is 2. The van der Waals surface area contributed by atoms with Crippen LogP contribution in [0.4, 0.5) is 5.95 Å². The van der Waals surface area contributed by atoms with Crippen molar-refractivity contribution in [3.05, 3.63) is 42.2 Å². The smallest absolute Gasteiger partial charge is 0.224 e. The number of nitrogens with zero attached hydrogens (tertiary/aromatic N) is 4. The summed E-state index contributed by atoms with van der Waals surface area (Å²) < 4.78 is 2.38. The number of rotatable bonds is 8. The van der Waals surface area contributed by atoms with E-state index in [0.717, 1.165) is 54.5 Å². The van der Waals surface area contributed by atoms with Gasteiger partial charge >= 0.3 is 0 Å². The number of likely N-dealkylation sites (tertiary alicyclic amines) is 1. The minimum absolute atomic E-state index is 0.162. The third-order valence-corrected chi connectivity index (χ3v) is 9.02. The fourth-order valence-electron chi connectivity index (χ4n) is 6.50.